The number of nitrogens with zero attached hydrogens (tertiary/aromatic N) is 3. The number of carboxylic acids is 1. The molecule has 2 aliphatic rings. The van der Waals surface area contributed by atoms with Crippen LogP contribution >= 0.6 is 11.8 Å². The molecule has 0 aliphatic carbocycles. The number of hydrogen-bond acceptors (Lipinski definition) is 24. The lowest BCUT2D eigenvalue weighted by atomic mass is 9.92. The smallest absolute Gasteiger partial charge is 0.305 e. The van der Waals surface area contributed by atoms with Gasteiger partial charge in [-0.05, 0) is 84.0 Å². The minimum atomic E-state index is -2.11. The van der Waals surface area contributed by atoms with Crippen LogP contribution in [0.4, 0.5) is 0 Å². The van der Waals surface area contributed by atoms with Crippen LogP contribution in [0.5, 0.6) is 5.75 Å². The second kappa shape index (κ2) is 53.5. The maximum Gasteiger partial charge on any atom is 0.305 e. The van der Waals surface area contributed by atoms with E-state index >= 15 is 33.6 Å². The SMILES string of the molecule is CC1NC(=O)C(Cc2ccc(O)cc2)NC(=O)C(CC(N)=O)NC(=O)C(C(C)C)NC(=O)C(CO)NC(=O)C(Cc2ccccc2)N(C)C(=O)C(CCCNC(=N)N)NC(=O)C(Cc2ccccc2)NC(=O)CSCC(C(=O)NCC(N)=O)NC(=O)C(Cc2ccccc2)N(C)C(=O)C(CC(N)=O)NC(=O)C2Cc3ccccc3CN2C(=O)C(CC(=O)O)NC(=O)C(CCCNC(=N)N)NC1=O. The number of aromatic hydroxyl groups is 1. The van der Waals surface area contributed by atoms with Gasteiger partial charge in [0.15, 0.2) is 11.9 Å². The van der Waals surface area contributed by atoms with Crippen molar-refractivity contribution in [1.29, 1.82) is 10.8 Å². The quantitative estimate of drug-likeness (QED) is 0.0132. The molecule has 7 rings (SSSR count). The summed E-state index contributed by atoms with van der Waals surface area (Å²) in [5.41, 5.74) is 30.5. The minimum Gasteiger partial charge on any atom is -0.508 e. The van der Waals surface area contributed by atoms with Gasteiger partial charge in [0.25, 0.3) is 0 Å². The van der Waals surface area contributed by atoms with Crippen LogP contribution in [0.2, 0.25) is 0 Å². The molecule has 738 valence electrons. The summed E-state index contributed by atoms with van der Waals surface area (Å²) in [7, 11) is 2.34. The van der Waals surface area contributed by atoms with E-state index in [4.69, 9.17) is 39.5 Å². The first-order valence-corrected chi connectivity index (χ1v) is 45.0. The standard InChI is InChI=1S/C90H120N24O22S/c1-48(2)74-85(133)106-61(40-69(91)117)80(128)105-60(36-53-29-31-56(116)32-30-53)78(126)101-49(3)75(123)103-57(27-17-33-98-89(94)95)77(125)107-63(42-73(121)122)88(136)114-44-55-26-16-15-25-54(55)39-68(114)84(132)108-62(41-70(92)118)87(135)113(5)67(38-52-23-13-8-14-24-52)83(131)110-65(76(124)100-43-71(93)119)46-137-47-72(120)102-59(35-50-19-9-6-10-20-50)79(127)104-58(28-18-34-99-90(96)97)86(134)112(4)66(37-51-21-11-7-12-22-51)82(130)109-64(45-115)81(129)111-74/h6-16,19-26,29-32,48-49,57-68,74,115-116H,17-18,27-28,33-47H2,1-5H3,(H2,91,117)(H2,92,118)(H2,93,119)(H,100,124)(H,101,126)(H,102,120)(H,103,123)(H,104,127)(H,105,128)(H,106,133)(H,107,125)(H,108,132)(H,109,130)(H,110,131)(H,111,129)(H,121,122)(H4,94,95,98)(H4,96,97,99). The normalized spacial score (nSPS) is 23.1. The molecule has 1 saturated heterocycles. The molecule has 2 heterocycles. The molecule has 0 bridgehead atoms. The van der Waals surface area contributed by atoms with Gasteiger partial charge < -0.3 is 133 Å². The second-order valence-electron chi connectivity index (χ2n) is 33.2. The van der Waals surface area contributed by atoms with E-state index in [1.54, 1.807) is 115 Å². The van der Waals surface area contributed by atoms with Crippen LogP contribution in [0.15, 0.2) is 140 Å². The summed E-state index contributed by atoms with van der Waals surface area (Å²) in [5.74, 6) is -25.1. The fourth-order valence-corrected chi connectivity index (χ4v) is 15.8. The highest BCUT2D eigenvalue weighted by molar-refractivity contribution is 8.00. The van der Waals surface area contributed by atoms with Crippen LogP contribution in [0.3, 0.4) is 0 Å². The molecule has 0 aromatic heterocycles. The van der Waals surface area contributed by atoms with Gasteiger partial charge in [-0.1, -0.05) is 141 Å². The first kappa shape index (κ1) is 109. The van der Waals surface area contributed by atoms with Crippen LogP contribution in [0, 0.1) is 16.7 Å². The van der Waals surface area contributed by atoms with Crippen LogP contribution < -0.4 is 103 Å². The predicted molar refractivity (Wildman–Crippen MR) is 496 cm³/mol. The van der Waals surface area contributed by atoms with E-state index < -0.39 is 272 Å². The Labute approximate surface area is 792 Å². The number of fused-ring (bicyclic) bond motifs is 2. The fraction of sp³-hybridized carbons (Fsp3) is 0.433. The van der Waals surface area contributed by atoms with Gasteiger partial charge in [0.1, 0.15) is 90.3 Å². The monoisotopic (exact) mass is 1920 g/mol. The molecule has 14 unspecified atom stereocenters. The van der Waals surface area contributed by atoms with Gasteiger partial charge in [0, 0.05) is 71.6 Å². The molecular formula is C90H120N24O22S. The van der Waals surface area contributed by atoms with Gasteiger partial charge in [-0.3, -0.25) is 102 Å². The minimum absolute atomic E-state index is 0.00469. The molecule has 137 heavy (non-hydrogen) atoms. The van der Waals surface area contributed by atoms with Gasteiger partial charge >= 0.3 is 5.97 Å². The molecule has 0 radical (unpaired) electrons. The largest absolute Gasteiger partial charge is 0.508 e. The number of aliphatic hydroxyl groups is 1. The maximum atomic E-state index is 15.4. The molecule has 14 atom stereocenters. The molecular weight excluding hydrogens is 1800 g/mol. The fourth-order valence-electron chi connectivity index (χ4n) is 14.9. The molecule has 47 heteroatoms. The Hall–Kier alpha value is -15.3. The Morgan fingerprint density at radius 3 is 1.39 bits per heavy atom. The number of carbonyl (C=O) groups is 19. The van der Waals surface area contributed by atoms with E-state index in [0.717, 1.165) is 40.4 Å². The van der Waals surface area contributed by atoms with Crippen molar-refractivity contribution in [2.24, 2.45) is 34.6 Å². The van der Waals surface area contributed by atoms with Crippen molar-refractivity contribution < 1.29 is 106 Å². The summed E-state index contributed by atoms with van der Waals surface area (Å²) >= 11 is 0.721. The lowest BCUT2D eigenvalue weighted by Crippen LogP contribution is -2.62. The van der Waals surface area contributed by atoms with Gasteiger partial charge in [-0.15, -0.1) is 11.8 Å². The van der Waals surface area contributed by atoms with E-state index in [2.05, 4.69) is 74.4 Å². The number of aliphatic hydroxyl groups excluding tert-OH is 1. The predicted octanol–water partition coefficient (Wildman–Crippen LogP) is -6.63. The average molecular weight is 1920 g/mol. The van der Waals surface area contributed by atoms with Crippen molar-refractivity contribution in [3.63, 3.8) is 0 Å². The Morgan fingerprint density at radius 2 is 0.869 bits per heavy atom. The number of aliphatic carboxylic acids is 1. The maximum absolute atomic E-state index is 15.4. The third-order valence-corrected chi connectivity index (χ3v) is 23.3. The van der Waals surface area contributed by atoms with Crippen LogP contribution in [-0.4, -0.2) is 291 Å². The molecule has 1 fully saturated rings. The van der Waals surface area contributed by atoms with Crippen molar-refractivity contribution >= 4 is 136 Å². The molecule has 0 spiro atoms. The number of carbonyl (C=O) groups excluding carboxylic acids is 18. The van der Waals surface area contributed by atoms with E-state index in [-0.39, 0.29) is 75.8 Å². The van der Waals surface area contributed by atoms with Gasteiger partial charge in [-0.2, -0.15) is 0 Å². The van der Waals surface area contributed by atoms with E-state index in [1.807, 2.05) is 0 Å². The average Bonchev–Trinajstić information content (AvgIpc) is 0.779. The number of carboxylic acid groups (broad SMARTS) is 1. The number of thioether (sulfide) groups is 1. The van der Waals surface area contributed by atoms with Crippen molar-refractivity contribution in [2.45, 2.75) is 189 Å². The zero-order chi connectivity index (χ0) is 101. The number of hydrogen-bond donors (Lipinski definition) is 24. The first-order chi connectivity index (χ1) is 65.0. The highest BCUT2D eigenvalue weighted by atomic mass is 32.2. The Balaban J connectivity index is 1.34. The number of nitrogens with two attached hydrogens (primary N) is 5. The lowest BCUT2D eigenvalue weighted by Gasteiger charge is -2.39. The van der Waals surface area contributed by atoms with Gasteiger partial charge in [-0.25, -0.2) is 0 Å². The molecule has 2 aliphatic heterocycles. The zero-order valence-electron chi connectivity index (χ0n) is 76.1. The van der Waals surface area contributed by atoms with Crippen molar-refractivity contribution in [3.8, 4) is 5.75 Å². The molecule has 5 aromatic carbocycles. The lowest BCUT2D eigenvalue weighted by molar-refractivity contribution is -0.149. The number of likely N-dealkylation sites (N-methyl/N-ethyl adjacent to an activating group) is 2. The van der Waals surface area contributed by atoms with E-state index in [1.165, 1.54) is 45.2 Å². The van der Waals surface area contributed by atoms with Crippen LogP contribution in [-0.2, 0) is 130 Å². The van der Waals surface area contributed by atoms with Crippen molar-refractivity contribution in [1.82, 2.24) is 89.1 Å². The third-order valence-electron chi connectivity index (χ3n) is 22.2. The molecule has 46 nitrogen and oxygen atoms in total. The summed E-state index contributed by atoms with van der Waals surface area (Å²) in [6.07, 6.45) is -5.63. The molecule has 0 saturated carbocycles. The summed E-state index contributed by atoms with van der Waals surface area (Å²) in [6.45, 7) is 1.45. The summed E-state index contributed by atoms with van der Waals surface area (Å²) in [6, 6.07) is 11.1. The zero-order valence-corrected chi connectivity index (χ0v) is 76.9. The highest BCUT2D eigenvalue weighted by Crippen LogP contribution is 2.27. The number of primary amides is 3. The van der Waals surface area contributed by atoms with Gasteiger partial charge in [0.05, 0.1) is 38.2 Å². The van der Waals surface area contributed by atoms with E-state index in [0.29, 0.717) is 27.8 Å². The molecule has 29 N–H and O–H groups in total. The summed E-state index contributed by atoms with van der Waals surface area (Å²) < 4.78 is 0. The molecule has 18 amide bonds. The first-order valence-electron chi connectivity index (χ1n) is 43.8. The Morgan fingerprint density at radius 1 is 0.445 bits per heavy atom. The third kappa shape index (κ3) is 34.9. The van der Waals surface area contributed by atoms with Crippen LogP contribution in [0.25, 0.3) is 0 Å². The topological polar surface area (TPSA) is 741 Å². The number of nitrogens with one attached hydrogen (secondary N) is 16. The highest BCUT2D eigenvalue weighted by Gasteiger charge is 2.45. The Kier molecular flexibility index (Phi) is 42.5. The van der Waals surface area contributed by atoms with Crippen molar-refractivity contribution in [2.75, 3.05) is 51.8 Å². The summed E-state index contributed by atoms with van der Waals surface area (Å²) in [5, 5.41) is 82.2. The number of amides is 18. The Bertz CT molecular complexity index is 5160. The van der Waals surface area contributed by atoms with E-state index in [9.17, 15) is 72.9 Å². The van der Waals surface area contributed by atoms with Gasteiger partial charge in [0.2, 0.25) is 106 Å². The van der Waals surface area contributed by atoms with Crippen LogP contribution in [0.1, 0.15) is 99.1 Å². The molecule has 5 aromatic rings. The second-order valence-corrected chi connectivity index (χ2v) is 34.2. The summed E-state index contributed by atoms with van der Waals surface area (Å²) in [4.78, 5) is 277. The number of rotatable bonds is 27. The number of benzene rings is 5. The number of guanidine groups is 2. The van der Waals surface area contributed by atoms with Crippen molar-refractivity contribution in [3.05, 3.63) is 173 Å². The number of phenolic OH excluding ortho intramolecular Hbond substituents is 1. The number of phenols is 1.